The van der Waals surface area contributed by atoms with Crippen LogP contribution in [0, 0.1) is 5.92 Å². The molecule has 2 aliphatic rings. The lowest BCUT2D eigenvalue weighted by Gasteiger charge is -2.30. The van der Waals surface area contributed by atoms with E-state index in [0.717, 1.165) is 44.5 Å². The number of nitrogens with zero attached hydrogens (tertiary/aromatic N) is 2. The minimum Gasteiger partial charge on any atom is -0.376 e. The van der Waals surface area contributed by atoms with Crippen LogP contribution in [0.4, 0.5) is 0 Å². The standard InChI is InChI=1S/C22H36N4O.HI/c1-3-23-22(25-16-21-9-6-14-27-21)24-15-19-7-4-5-8-20(19)17-26-12-10-18(2)11-13-26;/h4-5,7-8,18,21H,3,6,9-17H2,1-2H3,(H2,23,24,25);1H. The van der Waals surface area contributed by atoms with Crippen LogP contribution in [-0.2, 0) is 17.8 Å². The van der Waals surface area contributed by atoms with E-state index in [0.29, 0.717) is 12.6 Å². The Balaban J connectivity index is 0.00000280. The summed E-state index contributed by atoms with van der Waals surface area (Å²) in [6.45, 7) is 11.2. The van der Waals surface area contributed by atoms with Crippen LogP contribution in [0.3, 0.4) is 0 Å². The topological polar surface area (TPSA) is 48.9 Å². The Bertz CT molecular complexity index is 596. The molecule has 1 aromatic carbocycles. The lowest BCUT2D eigenvalue weighted by Crippen LogP contribution is -2.41. The van der Waals surface area contributed by atoms with Crippen molar-refractivity contribution in [2.24, 2.45) is 10.9 Å². The lowest BCUT2D eigenvalue weighted by molar-refractivity contribution is 0.114. The van der Waals surface area contributed by atoms with Gasteiger partial charge in [-0.15, -0.1) is 24.0 Å². The molecule has 0 radical (unpaired) electrons. The number of nitrogens with one attached hydrogen (secondary N) is 2. The number of aliphatic imine (C=N–C) groups is 1. The van der Waals surface area contributed by atoms with E-state index in [-0.39, 0.29) is 24.0 Å². The summed E-state index contributed by atoms with van der Waals surface area (Å²) in [5.41, 5.74) is 2.73. The minimum absolute atomic E-state index is 0. The Kier molecular flexibility index (Phi) is 10.6. The van der Waals surface area contributed by atoms with Crippen LogP contribution in [0.15, 0.2) is 29.3 Å². The molecular weight excluding hydrogens is 463 g/mol. The van der Waals surface area contributed by atoms with E-state index >= 15 is 0 Å². The van der Waals surface area contributed by atoms with Gasteiger partial charge in [-0.2, -0.15) is 0 Å². The van der Waals surface area contributed by atoms with Crippen molar-refractivity contribution < 1.29 is 4.74 Å². The average Bonchev–Trinajstić information content (AvgIpc) is 3.20. The molecule has 5 nitrogen and oxygen atoms in total. The van der Waals surface area contributed by atoms with Crippen molar-refractivity contribution in [1.29, 1.82) is 0 Å². The first-order valence-corrected chi connectivity index (χ1v) is 10.7. The normalized spacial score (nSPS) is 21.4. The Morgan fingerprint density at radius 1 is 1.14 bits per heavy atom. The summed E-state index contributed by atoms with van der Waals surface area (Å²) in [6, 6.07) is 8.75. The van der Waals surface area contributed by atoms with Gasteiger partial charge in [0.05, 0.1) is 12.6 Å². The van der Waals surface area contributed by atoms with Crippen LogP contribution in [0.5, 0.6) is 0 Å². The zero-order chi connectivity index (χ0) is 18.9. The van der Waals surface area contributed by atoms with Gasteiger partial charge < -0.3 is 15.4 Å². The molecule has 2 N–H and O–H groups in total. The third-order valence-corrected chi connectivity index (χ3v) is 5.66. The van der Waals surface area contributed by atoms with Gasteiger partial charge in [0.1, 0.15) is 0 Å². The molecule has 2 heterocycles. The van der Waals surface area contributed by atoms with E-state index in [4.69, 9.17) is 9.73 Å². The minimum atomic E-state index is 0. The molecule has 0 spiro atoms. The van der Waals surface area contributed by atoms with Crippen LogP contribution in [-0.4, -0.2) is 49.7 Å². The van der Waals surface area contributed by atoms with Crippen molar-refractivity contribution in [3.05, 3.63) is 35.4 Å². The van der Waals surface area contributed by atoms with Crippen molar-refractivity contribution in [2.45, 2.75) is 58.7 Å². The predicted molar refractivity (Wildman–Crippen MR) is 127 cm³/mol. The van der Waals surface area contributed by atoms with Crippen LogP contribution in [0.25, 0.3) is 0 Å². The smallest absolute Gasteiger partial charge is 0.191 e. The Labute approximate surface area is 187 Å². The second kappa shape index (κ2) is 12.6. The van der Waals surface area contributed by atoms with Crippen molar-refractivity contribution in [1.82, 2.24) is 15.5 Å². The number of guanidine groups is 1. The lowest BCUT2D eigenvalue weighted by atomic mass is 9.98. The van der Waals surface area contributed by atoms with E-state index in [1.807, 2.05) is 0 Å². The Morgan fingerprint density at radius 2 is 1.89 bits per heavy atom. The van der Waals surface area contributed by atoms with Gasteiger partial charge in [0, 0.05) is 26.2 Å². The van der Waals surface area contributed by atoms with E-state index in [1.165, 1.54) is 43.5 Å². The molecule has 158 valence electrons. The van der Waals surface area contributed by atoms with Gasteiger partial charge in [-0.25, -0.2) is 4.99 Å². The molecule has 0 amide bonds. The largest absolute Gasteiger partial charge is 0.376 e. The van der Waals surface area contributed by atoms with Gasteiger partial charge in [-0.05, 0) is 62.7 Å². The summed E-state index contributed by atoms with van der Waals surface area (Å²) in [4.78, 5) is 7.42. The molecule has 6 heteroatoms. The molecule has 0 aromatic heterocycles. The average molecular weight is 500 g/mol. The number of rotatable bonds is 7. The van der Waals surface area contributed by atoms with Gasteiger partial charge in [0.2, 0.25) is 0 Å². The predicted octanol–water partition coefficient (Wildman–Crippen LogP) is 3.77. The molecule has 3 rings (SSSR count). The van der Waals surface area contributed by atoms with Crippen LogP contribution in [0.2, 0.25) is 0 Å². The Morgan fingerprint density at radius 3 is 2.57 bits per heavy atom. The monoisotopic (exact) mass is 500 g/mol. The zero-order valence-electron chi connectivity index (χ0n) is 17.5. The van der Waals surface area contributed by atoms with E-state index in [9.17, 15) is 0 Å². The highest BCUT2D eigenvalue weighted by atomic mass is 127. The number of benzene rings is 1. The maximum atomic E-state index is 5.70. The number of piperidine rings is 1. The summed E-state index contributed by atoms with van der Waals surface area (Å²) in [6.07, 6.45) is 5.27. The molecule has 0 aliphatic carbocycles. The van der Waals surface area contributed by atoms with Gasteiger partial charge in [-0.3, -0.25) is 4.90 Å². The molecule has 1 atom stereocenters. The molecule has 0 saturated carbocycles. The third-order valence-electron chi connectivity index (χ3n) is 5.66. The first kappa shape index (κ1) is 23.4. The highest BCUT2D eigenvalue weighted by Crippen LogP contribution is 2.20. The van der Waals surface area contributed by atoms with Crippen molar-refractivity contribution in [3.8, 4) is 0 Å². The highest BCUT2D eigenvalue weighted by Gasteiger charge is 2.17. The summed E-state index contributed by atoms with van der Waals surface area (Å²) in [5.74, 6) is 1.76. The number of hydrogen-bond acceptors (Lipinski definition) is 3. The summed E-state index contributed by atoms with van der Waals surface area (Å²) < 4.78 is 5.70. The quantitative estimate of drug-likeness (QED) is 0.340. The summed E-state index contributed by atoms with van der Waals surface area (Å²) in [5, 5.41) is 6.80. The van der Waals surface area contributed by atoms with Gasteiger partial charge in [0.25, 0.3) is 0 Å². The molecular formula is C22H37IN4O. The second-order valence-corrected chi connectivity index (χ2v) is 7.94. The molecule has 2 saturated heterocycles. The first-order chi connectivity index (χ1) is 13.2. The summed E-state index contributed by atoms with van der Waals surface area (Å²) >= 11 is 0. The maximum absolute atomic E-state index is 5.70. The van der Waals surface area contributed by atoms with Gasteiger partial charge in [0.15, 0.2) is 5.96 Å². The maximum Gasteiger partial charge on any atom is 0.191 e. The molecule has 2 fully saturated rings. The molecule has 0 bridgehead atoms. The third kappa shape index (κ3) is 7.52. The molecule has 1 unspecified atom stereocenters. The second-order valence-electron chi connectivity index (χ2n) is 7.94. The van der Waals surface area contributed by atoms with Crippen molar-refractivity contribution in [2.75, 3.05) is 32.8 Å². The first-order valence-electron chi connectivity index (χ1n) is 10.7. The van der Waals surface area contributed by atoms with Crippen LogP contribution in [0.1, 0.15) is 50.7 Å². The molecule has 2 aliphatic heterocycles. The van der Waals surface area contributed by atoms with E-state index in [2.05, 4.69) is 53.6 Å². The van der Waals surface area contributed by atoms with E-state index in [1.54, 1.807) is 0 Å². The zero-order valence-corrected chi connectivity index (χ0v) is 19.8. The molecule has 28 heavy (non-hydrogen) atoms. The number of likely N-dealkylation sites (tertiary alicyclic amines) is 1. The fourth-order valence-electron chi connectivity index (χ4n) is 3.85. The fourth-order valence-corrected chi connectivity index (χ4v) is 3.85. The number of halogens is 1. The molecule has 1 aromatic rings. The number of hydrogen-bond donors (Lipinski definition) is 2. The highest BCUT2D eigenvalue weighted by molar-refractivity contribution is 14.0. The van der Waals surface area contributed by atoms with Crippen molar-refractivity contribution in [3.63, 3.8) is 0 Å². The van der Waals surface area contributed by atoms with Crippen LogP contribution < -0.4 is 10.6 Å². The van der Waals surface area contributed by atoms with Crippen LogP contribution >= 0.6 is 24.0 Å². The van der Waals surface area contributed by atoms with Crippen molar-refractivity contribution >= 4 is 29.9 Å². The van der Waals surface area contributed by atoms with E-state index < -0.39 is 0 Å². The number of ether oxygens (including phenoxy) is 1. The fraction of sp³-hybridized carbons (Fsp3) is 0.682. The Hall–Kier alpha value is -0.860. The van der Waals surface area contributed by atoms with Gasteiger partial charge in [-0.1, -0.05) is 31.2 Å². The summed E-state index contributed by atoms with van der Waals surface area (Å²) in [7, 11) is 0. The van der Waals surface area contributed by atoms with Gasteiger partial charge >= 0.3 is 0 Å². The SMILES string of the molecule is CCNC(=NCc1ccccc1CN1CCC(C)CC1)NCC1CCCO1.I.